The molecule has 1 aliphatic heterocycles. The van der Waals surface area contributed by atoms with Crippen LogP contribution in [0.4, 0.5) is 0 Å². The Hall–Kier alpha value is -2.33. The number of nitrogens with zero attached hydrogens (tertiary/aromatic N) is 4. The molecule has 0 N–H and O–H groups in total. The Morgan fingerprint density at radius 1 is 1.12 bits per heavy atom. The van der Waals surface area contributed by atoms with Crippen LogP contribution in [-0.4, -0.2) is 39.5 Å². The second-order valence-corrected chi connectivity index (χ2v) is 7.09. The molecule has 4 rings (SSSR count). The van der Waals surface area contributed by atoms with E-state index >= 15 is 0 Å². The summed E-state index contributed by atoms with van der Waals surface area (Å²) in [5.74, 6) is 0.500. The number of para-hydroxylation sites is 1. The SMILES string of the molecule is Cc1cnc(CCN2CCC(c3ncnc4ccccc34)C2)c(C)c1. The van der Waals surface area contributed by atoms with Gasteiger partial charge in [0.05, 0.1) is 11.2 Å². The maximum absolute atomic E-state index is 4.62. The minimum absolute atomic E-state index is 0.500. The van der Waals surface area contributed by atoms with Gasteiger partial charge in [0.2, 0.25) is 0 Å². The van der Waals surface area contributed by atoms with Crippen LogP contribution in [0.1, 0.15) is 34.9 Å². The minimum Gasteiger partial charge on any atom is -0.302 e. The van der Waals surface area contributed by atoms with Gasteiger partial charge < -0.3 is 4.90 Å². The highest BCUT2D eigenvalue weighted by atomic mass is 15.1. The fourth-order valence-electron chi connectivity index (χ4n) is 3.88. The van der Waals surface area contributed by atoms with Crippen LogP contribution in [0.3, 0.4) is 0 Å². The van der Waals surface area contributed by atoms with Crippen molar-refractivity contribution < 1.29 is 0 Å². The van der Waals surface area contributed by atoms with E-state index in [0.29, 0.717) is 5.92 Å². The van der Waals surface area contributed by atoms with Crippen LogP contribution in [0.2, 0.25) is 0 Å². The van der Waals surface area contributed by atoms with Gasteiger partial charge in [-0.15, -0.1) is 0 Å². The lowest BCUT2D eigenvalue weighted by Crippen LogP contribution is -2.23. The lowest BCUT2D eigenvalue weighted by atomic mass is 10.0. The van der Waals surface area contributed by atoms with Crippen molar-refractivity contribution in [3.8, 4) is 0 Å². The summed E-state index contributed by atoms with van der Waals surface area (Å²) in [7, 11) is 0. The number of hydrogen-bond acceptors (Lipinski definition) is 4. The molecule has 0 bridgehead atoms. The number of aromatic nitrogens is 3. The molecule has 1 aromatic carbocycles. The third-order valence-electron chi connectivity index (χ3n) is 5.22. The van der Waals surface area contributed by atoms with Gasteiger partial charge >= 0.3 is 0 Å². The van der Waals surface area contributed by atoms with Gasteiger partial charge in [0.1, 0.15) is 6.33 Å². The quantitative estimate of drug-likeness (QED) is 0.731. The van der Waals surface area contributed by atoms with Crippen LogP contribution < -0.4 is 0 Å². The molecule has 25 heavy (non-hydrogen) atoms. The Balaban J connectivity index is 1.44. The minimum atomic E-state index is 0.500. The summed E-state index contributed by atoms with van der Waals surface area (Å²) < 4.78 is 0. The van der Waals surface area contributed by atoms with Gasteiger partial charge in [0.15, 0.2) is 0 Å². The van der Waals surface area contributed by atoms with Crippen molar-refractivity contribution in [1.29, 1.82) is 0 Å². The highest BCUT2D eigenvalue weighted by Crippen LogP contribution is 2.30. The average molecular weight is 332 g/mol. The molecule has 1 unspecified atom stereocenters. The lowest BCUT2D eigenvalue weighted by Gasteiger charge is -2.17. The molecule has 1 fully saturated rings. The molecule has 0 saturated carbocycles. The molecule has 3 heterocycles. The second-order valence-electron chi connectivity index (χ2n) is 7.09. The maximum atomic E-state index is 4.62. The number of likely N-dealkylation sites (tertiary alicyclic amines) is 1. The van der Waals surface area contributed by atoms with Crippen molar-refractivity contribution in [3.63, 3.8) is 0 Å². The summed E-state index contributed by atoms with van der Waals surface area (Å²) in [6, 6.07) is 10.6. The summed E-state index contributed by atoms with van der Waals surface area (Å²) in [6.07, 6.45) is 5.87. The molecule has 4 nitrogen and oxygen atoms in total. The largest absolute Gasteiger partial charge is 0.302 e. The van der Waals surface area contributed by atoms with Gasteiger partial charge in [-0.3, -0.25) is 4.98 Å². The van der Waals surface area contributed by atoms with E-state index in [2.05, 4.69) is 58.0 Å². The molecular weight excluding hydrogens is 308 g/mol. The fourth-order valence-corrected chi connectivity index (χ4v) is 3.88. The standard InChI is InChI=1S/C21H24N4/c1-15-11-16(2)19(22-12-15)8-10-25-9-7-17(13-25)21-18-5-3-4-6-20(18)23-14-24-21/h3-6,11-12,14,17H,7-10,13H2,1-2H3. The van der Waals surface area contributed by atoms with Crippen molar-refractivity contribution in [2.75, 3.05) is 19.6 Å². The number of benzene rings is 1. The third kappa shape index (κ3) is 3.40. The first kappa shape index (κ1) is 16.2. The summed E-state index contributed by atoms with van der Waals surface area (Å²) in [4.78, 5) is 16.2. The molecule has 0 radical (unpaired) electrons. The van der Waals surface area contributed by atoms with Gasteiger partial charge in [0, 0.05) is 42.7 Å². The van der Waals surface area contributed by atoms with Crippen molar-refractivity contribution in [2.45, 2.75) is 32.6 Å². The van der Waals surface area contributed by atoms with E-state index in [0.717, 1.165) is 31.6 Å². The zero-order valence-corrected chi connectivity index (χ0v) is 14.9. The topological polar surface area (TPSA) is 41.9 Å². The summed E-state index contributed by atoms with van der Waals surface area (Å²) in [5, 5.41) is 1.20. The Labute approximate surface area is 149 Å². The van der Waals surface area contributed by atoms with Gasteiger partial charge in [-0.05, 0) is 44.0 Å². The van der Waals surface area contributed by atoms with E-state index in [9.17, 15) is 0 Å². The molecule has 1 saturated heterocycles. The smallest absolute Gasteiger partial charge is 0.116 e. The molecule has 3 aromatic rings. The number of rotatable bonds is 4. The summed E-state index contributed by atoms with van der Waals surface area (Å²) in [6.45, 7) is 7.53. The van der Waals surface area contributed by atoms with Gasteiger partial charge in [-0.2, -0.15) is 0 Å². The zero-order valence-electron chi connectivity index (χ0n) is 14.9. The van der Waals surface area contributed by atoms with E-state index in [-0.39, 0.29) is 0 Å². The lowest BCUT2D eigenvalue weighted by molar-refractivity contribution is 0.337. The normalized spacial score (nSPS) is 18.1. The zero-order chi connectivity index (χ0) is 17.2. The Morgan fingerprint density at radius 3 is 2.88 bits per heavy atom. The van der Waals surface area contributed by atoms with Crippen LogP contribution in [0, 0.1) is 13.8 Å². The Morgan fingerprint density at radius 2 is 2.00 bits per heavy atom. The molecule has 0 aliphatic carbocycles. The van der Waals surface area contributed by atoms with Crippen LogP contribution in [0.25, 0.3) is 10.9 Å². The third-order valence-corrected chi connectivity index (χ3v) is 5.22. The molecule has 1 atom stereocenters. The van der Waals surface area contributed by atoms with Gasteiger partial charge in [0.25, 0.3) is 0 Å². The molecular formula is C21H24N4. The number of hydrogen-bond donors (Lipinski definition) is 0. The van der Waals surface area contributed by atoms with Crippen molar-refractivity contribution >= 4 is 10.9 Å². The molecule has 1 aliphatic rings. The highest BCUT2D eigenvalue weighted by Gasteiger charge is 2.26. The predicted octanol–water partition coefficient (Wildman–Crippen LogP) is 3.67. The molecule has 0 spiro atoms. The van der Waals surface area contributed by atoms with E-state index in [1.807, 2.05) is 12.3 Å². The summed E-state index contributed by atoms with van der Waals surface area (Å²) >= 11 is 0. The van der Waals surface area contributed by atoms with E-state index < -0.39 is 0 Å². The van der Waals surface area contributed by atoms with Crippen molar-refractivity contribution in [2.24, 2.45) is 0 Å². The first-order valence-corrected chi connectivity index (χ1v) is 9.05. The van der Waals surface area contributed by atoms with Gasteiger partial charge in [-0.1, -0.05) is 24.3 Å². The Kier molecular flexibility index (Phi) is 4.45. The number of pyridine rings is 1. The Bertz CT molecular complexity index is 885. The average Bonchev–Trinajstić information content (AvgIpc) is 3.09. The van der Waals surface area contributed by atoms with Crippen LogP contribution in [0.5, 0.6) is 0 Å². The van der Waals surface area contributed by atoms with E-state index in [4.69, 9.17) is 0 Å². The predicted molar refractivity (Wildman–Crippen MR) is 101 cm³/mol. The fraction of sp³-hybridized carbons (Fsp3) is 0.381. The molecule has 4 heteroatoms. The van der Waals surface area contributed by atoms with Gasteiger partial charge in [-0.25, -0.2) is 9.97 Å². The first-order valence-electron chi connectivity index (χ1n) is 9.05. The van der Waals surface area contributed by atoms with Crippen LogP contribution in [0.15, 0.2) is 42.9 Å². The van der Waals surface area contributed by atoms with Crippen molar-refractivity contribution in [3.05, 3.63) is 65.4 Å². The highest BCUT2D eigenvalue weighted by molar-refractivity contribution is 5.81. The first-order chi connectivity index (χ1) is 12.2. The summed E-state index contributed by atoms with van der Waals surface area (Å²) in [5.41, 5.74) is 6.01. The van der Waals surface area contributed by atoms with E-state index in [1.165, 1.54) is 34.3 Å². The second kappa shape index (κ2) is 6.89. The molecule has 128 valence electrons. The number of aryl methyl sites for hydroxylation is 2. The van der Waals surface area contributed by atoms with E-state index in [1.54, 1.807) is 6.33 Å². The van der Waals surface area contributed by atoms with Crippen molar-refractivity contribution in [1.82, 2.24) is 19.9 Å². The maximum Gasteiger partial charge on any atom is 0.116 e. The molecule has 0 amide bonds. The van der Waals surface area contributed by atoms with Crippen LogP contribution >= 0.6 is 0 Å². The molecule has 2 aromatic heterocycles. The monoisotopic (exact) mass is 332 g/mol. The number of fused-ring (bicyclic) bond motifs is 1. The van der Waals surface area contributed by atoms with Crippen LogP contribution in [-0.2, 0) is 6.42 Å².